The molecule has 0 unspecified atom stereocenters. The van der Waals surface area contributed by atoms with Crippen molar-refractivity contribution in [1.82, 2.24) is 9.78 Å². The molecule has 0 radical (unpaired) electrons. The third-order valence-electron chi connectivity index (χ3n) is 4.43. The van der Waals surface area contributed by atoms with Crippen molar-refractivity contribution in [2.45, 2.75) is 13.1 Å². The van der Waals surface area contributed by atoms with Crippen LogP contribution in [0.1, 0.15) is 32.0 Å². The number of ether oxygens (including phenoxy) is 2. The van der Waals surface area contributed by atoms with Gasteiger partial charge in [-0.3, -0.25) is 0 Å². The first-order chi connectivity index (χ1) is 14.6. The molecule has 1 heterocycles. The molecule has 0 amide bonds. The fourth-order valence-electron chi connectivity index (χ4n) is 3.09. The highest BCUT2D eigenvalue weighted by atomic mass is 19.4. The number of esters is 2. The Balaban J connectivity index is 2.44. The Hall–Kier alpha value is -3.69. The summed E-state index contributed by atoms with van der Waals surface area (Å²) in [6.45, 7) is 1.34. The summed E-state index contributed by atoms with van der Waals surface area (Å²) in [5, 5.41) is 4.12. The summed E-state index contributed by atoms with van der Waals surface area (Å²) in [5.41, 5.74) is -3.17. The number of carbonyl (C=O) groups is 2. The van der Waals surface area contributed by atoms with Gasteiger partial charge < -0.3 is 9.47 Å². The monoisotopic (exact) mass is 436 g/mol. The highest BCUT2D eigenvalue weighted by molar-refractivity contribution is 6.07. The highest BCUT2D eigenvalue weighted by Gasteiger charge is 2.38. The van der Waals surface area contributed by atoms with Crippen molar-refractivity contribution in [3.8, 4) is 16.9 Å². The third kappa shape index (κ3) is 4.00. The van der Waals surface area contributed by atoms with Crippen molar-refractivity contribution in [1.29, 1.82) is 0 Å². The summed E-state index contributed by atoms with van der Waals surface area (Å²) in [7, 11) is 2.07. The lowest BCUT2D eigenvalue weighted by molar-refractivity contribution is -0.139. The summed E-state index contributed by atoms with van der Waals surface area (Å²) in [6.07, 6.45) is -4.98. The second-order valence-corrected chi connectivity index (χ2v) is 6.47. The lowest BCUT2D eigenvalue weighted by Crippen LogP contribution is -2.15. The Morgan fingerprint density at radius 2 is 1.61 bits per heavy atom. The molecule has 0 aliphatic heterocycles. The standard InChI is InChI=1S/C21H16F4N2O4/c1-11-9-13(16(22)14(10-11)21(23,24)25)17-15(19(28)30-2)18(20(29)31-3)27(26-17)12-7-5-4-6-8-12/h4-10H,1-3H3. The van der Waals surface area contributed by atoms with Crippen molar-refractivity contribution >= 4 is 11.9 Å². The van der Waals surface area contributed by atoms with E-state index in [-0.39, 0.29) is 5.56 Å². The topological polar surface area (TPSA) is 70.4 Å². The molecule has 0 aliphatic carbocycles. The van der Waals surface area contributed by atoms with E-state index in [0.29, 0.717) is 11.8 Å². The minimum atomic E-state index is -4.98. The van der Waals surface area contributed by atoms with E-state index in [1.54, 1.807) is 18.2 Å². The van der Waals surface area contributed by atoms with E-state index >= 15 is 0 Å². The molecule has 0 spiro atoms. The van der Waals surface area contributed by atoms with Gasteiger partial charge in [0.1, 0.15) is 17.1 Å². The smallest absolute Gasteiger partial charge is 0.419 e. The molecule has 0 atom stereocenters. The number of hydrogen-bond acceptors (Lipinski definition) is 5. The van der Waals surface area contributed by atoms with Crippen LogP contribution < -0.4 is 0 Å². The first kappa shape index (κ1) is 22.0. The first-order valence-corrected chi connectivity index (χ1v) is 8.83. The molecule has 0 saturated carbocycles. The molecule has 2 aromatic carbocycles. The summed E-state index contributed by atoms with van der Waals surface area (Å²) >= 11 is 0. The second-order valence-electron chi connectivity index (χ2n) is 6.47. The zero-order valence-electron chi connectivity index (χ0n) is 16.6. The van der Waals surface area contributed by atoms with Crippen LogP contribution in [0.4, 0.5) is 17.6 Å². The van der Waals surface area contributed by atoms with Crippen LogP contribution in [0, 0.1) is 12.7 Å². The van der Waals surface area contributed by atoms with Gasteiger partial charge in [-0.05, 0) is 36.8 Å². The van der Waals surface area contributed by atoms with Gasteiger partial charge >= 0.3 is 18.1 Å². The van der Waals surface area contributed by atoms with Crippen molar-refractivity contribution in [2.75, 3.05) is 14.2 Å². The number of rotatable bonds is 4. The lowest BCUT2D eigenvalue weighted by atomic mass is 9.99. The molecule has 1 aromatic heterocycles. The number of aromatic nitrogens is 2. The maximum atomic E-state index is 15.0. The third-order valence-corrected chi connectivity index (χ3v) is 4.43. The molecule has 0 saturated heterocycles. The molecule has 6 nitrogen and oxygen atoms in total. The Bertz CT molecular complexity index is 1150. The number of methoxy groups -OCH3 is 2. The summed E-state index contributed by atoms with van der Waals surface area (Å²) in [6, 6.07) is 9.75. The van der Waals surface area contributed by atoms with Crippen LogP contribution in [0.2, 0.25) is 0 Å². The molecular weight excluding hydrogens is 420 g/mol. The van der Waals surface area contributed by atoms with E-state index in [0.717, 1.165) is 25.0 Å². The number of benzene rings is 2. The largest absolute Gasteiger partial charge is 0.465 e. The van der Waals surface area contributed by atoms with Crippen molar-refractivity contribution in [2.24, 2.45) is 0 Å². The average Bonchev–Trinajstić information content (AvgIpc) is 3.14. The molecule has 0 fully saturated rings. The SMILES string of the molecule is COC(=O)c1c(-c2cc(C)cc(C(F)(F)F)c2F)nn(-c2ccccc2)c1C(=O)OC. The van der Waals surface area contributed by atoms with E-state index in [1.807, 2.05) is 0 Å². The predicted octanol–water partition coefficient (Wildman–Crippen LogP) is 4.58. The Labute approximate surface area is 174 Å². The van der Waals surface area contributed by atoms with Gasteiger partial charge in [-0.1, -0.05) is 18.2 Å². The molecule has 0 aliphatic rings. The van der Waals surface area contributed by atoms with Gasteiger partial charge in [-0.2, -0.15) is 18.3 Å². The van der Waals surface area contributed by atoms with Gasteiger partial charge in [-0.25, -0.2) is 18.7 Å². The van der Waals surface area contributed by atoms with Crippen molar-refractivity contribution < 1.29 is 36.6 Å². The summed E-state index contributed by atoms with van der Waals surface area (Å²) < 4.78 is 65.5. The van der Waals surface area contributed by atoms with E-state index in [9.17, 15) is 27.2 Å². The van der Waals surface area contributed by atoms with Crippen molar-refractivity contribution in [3.05, 3.63) is 70.7 Å². The number of halogens is 4. The fourth-order valence-corrected chi connectivity index (χ4v) is 3.09. The summed E-state index contributed by atoms with van der Waals surface area (Å²) in [4.78, 5) is 25.1. The van der Waals surface area contributed by atoms with Gasteiger partial charge in [0.15, 0.2) is 5.69 Å². The number of hydrogen-bond donors (Lipinski definition) is 0. The number of nitrogens with zero attached hydrogens (tertiary/aromatic N) is 2. The highest BCUT2D eigenvalue weighted by Crippen LogP contribution is 2.38. The minimum absolute atomic E-state index is 0.0772. The quantitative estimate of drug-likeness (QED) is 0.442. The van der Waals surface area contributed by atoms with Gasteiger partial charge in [-0.15, -0.1) is 0 Å². The van der Waals surface area contributed by atoms with Crippen LogP contribution in [-0.2, 0) is 15.7 Å². The minimum Gasteiger partial charge on any atom is -0.465 e. The first-order valence-electron chi connectivity index (χ1n) is 8.83. The van der Waals surface area contributed by atoms with Gasteiger partial charge in [0.05, 0.1) is 25.5 Å². The average molecular weight is 436 g/mol. The fraction of sp³-hybridized carbons (Fsp3) is 0.190. The van der Waals surface area contributed by atoms with E-state index in [1.165, 1.54) is 19.1 Å². The zero-order chi connectivity index (χ0) is 22.9. The molecule has 31 heavy (non-hydrogen) atoms. The number of alkyl halides is 3. The normalized spacial score (nSPS) is 11.3. The number of aryl methyl sites for hydroxylation is 1. The maximum Gasteiger partial charge on any atom is 0.419 e. The van der Waals surface area contributed by atoms with Crippen LogP contribution in [0.25, 0.3) is 16.9 Å². The molecule has 10 heteroatoms. The second kappa shape index (κ2) is 8.21. The zero-order valence-corrected chi connectivity index (χ0v) is 16.6. The molecule has 0 N–H and O–H groups in total. The van der Waals surface area contributed by atoms with Crippen molar-refractivity contribution in [3.63, 3.8) is 0 Å². The van der Waals surface area contributed by atoms with Crippen LogP contribution in [-0.4, -0.2) is 35.9 Å². The molecule has 0 bridgehead atoms. The van der Waals surface area contributed by atoms with E-state index < -0.39 is 52.0 Å². The molecule has 162 valence electrons. The predicted molar refractivity (Wildman–Crippen MR) is 101 cm³/mol. The number of carbonyl (C=O) groups excluding carboxylic acids is 2. The lowest BCUT2D eigenvalue weighted by Gasteiger charge is -2.12. The Morgan fingerprint density at radius 1 is 1.00 bits per heavy atom. The molecule has 3 rings (SSSR count). The number of para-hydroxylation sites is 1. The molecule has 3 aromatic rings. The Kier molecular flexibility index (Phi) is 5.83. The summed E-state index contributed by atoms with van der Waals surface area (Å²) in [5.74, 6) is -3.73. The van der Waals surface area contributed by atoms with Gasteiger partial charge in [0, 0.05) is 5.56 Å². The van der Waals surface area contributed by atoms with Gasteiger partial charge in [0.2, 0.25) is 0 Å². The van der Waals surface area contributed by atoms with Crippen LogP contribution in [0.15, 0.2) is 42.5 Å². The van der Waals surface area contributed by atoms with E-state index in [2.05, 4.69) is 5.10 Å². The van der Waals surface area contributed by atoms with Gasteiger partial charge in [0.25, 0.3) is 0 Å². The maximum absolute atomic E-state index is 15.0. The Morgan fingerprint density at radius 3 is 2.16 bits per heavy atom. The van der Waals surface area contributed by atoms with Crippen LogP contribution in [0.5, 0.6) is 0 Å². The van der Waals surface area contributed by atoms with Crippen LogP contribution in [0.3, 0.4) is 0 Å². The molecular formula is C21H16F4N2O4. The van der Waals surface area contributed by atoms with E-state index in [4.69, 9.17) is 9.47 Å². The van der Waals surface area contributed by atoms with Crippen LogP contribution >= 0.6 is 0 Å².